The molecule has 0 radical (unpaired) electrons. The molecule has 16 rings (SSSR count). The van der Waals surface area contributed by atoms with Gasteiger partial charge in [0.1, 0.15) is 0 Å². The fraction of sp³-hybridized carbons (Fsp3) is 0. The SMILES string of the molecule is c1ccc(-c2ccc3c(c2)c2cc(-c4ccccc4)ccc2n3-c2ccc3c4ccccc4n(-c4cc(-c5ccc([Si](c6ccccc6)(c6ccccc6)c6ccccc6)cc5)cc(-n5c6ccccc6c6ccccc65)c4)c3c2)cc1. The molecule has 0 atom stereocenters. The van der Waals surface area contributed by atoms with Gasteiger partial charge < -0.3 is 13.7 Å². The first-order valence-electron chi connectivity index (χ1n) is 28.3. The number of aromatic nitrogens is 3. The number of hydrogen-bond acceptors (Lipinski definition) is 0. The van der Waals surface area contributed by atoms with E-state index in [0.29, 0.717) is 0 Å². The molecule has 0 saturated carbocycles. The summed E-state index contributed by atoms with van der Waals surface area (Å²) >= 11 is 0. The third-order valence-corrected chi connectivity index (χ3v) is 22.0. The van der Waals surface area contributed by atoms with E-state index in [1.165, 1.54) is 97.4 Å². The van der Waals surface area contributed by atoms with Crippen LogP contribution in [-0.4, -0.2) is 21.8 Å². The third-order valence-electron chi connectivity index (χ3n) is 17.2. The van der Waals surface area contributed by atoms with Crippen molar-refractivity contribution in [1.29, 1.82) is 0 Å². The van der Waals surface area contributed by atoms with Gasteiger partial charge in [-0.3, -0.25) is 0 Å². The summed E-state index contributed by atoms with van der Waals surface area (Å²) < 4.78 is 7.45. The lowest BCUT2D eigenvalue weighted by Gasteiger charge is -2.34. The lowest BCUT2D eigenvalue weighted by atomic mass is 10.0. The van der Waals surface area contributed by atoms with E-state index in [2.05, 4.69) is 335 Å². The molecule has 3 aromatic heterocycles. The Morgan fingerprint density at radius 2 is 0.500 bits per heavy atom. The topological polar surface area (TPSA) is 14.8 Å². The Balaban J connectivity index is 0.933. The van der Waals surface area contributed by atoms with Crippen molar-refractivity contribution in [1.82, 2.24) is 13.7 Å². The molecule has 0 unspecified atom stereocenters. The highest BCUT2D eigenvalue weighted by Gasteiger charge is 2.41. The van der Waals surface area contributed by atoms with Crippen molar-refractivity contribution >= 4 is 94.2 Å². The minimum Gasteiger partial charge on any atom is -0.309 e. The monoisotopic (exact) mass is 1060 g/mol. The summed E-state index contributed by atoms with van der Waals surface area (Å²) in [5.41, 5.74) is 17.4. The molecule has 0 amide bonds. The van der Waals surface area contributed by atoms with Gasteiger partial charge in [-0.15, -0.1) is 0 Å². The van der Waals surface area contributed by atoms with E-state index in [-0.39, 0.29) is 0 Å². The molecule has 4 heteroatoms. The van der Waals surface area contributed by atoms with Crippen molar-refractivity contribution in [2.75, 3.05) is 0 Å². The van der Waals surface area contributed by atoms with E-state index in [1.54, 1.807) is 0 Å². The maximum absolute atomic E-state index is 2.77. The van der Waals surface area contributed by atoms with Crippen molar-refractivity contribution in [2.45, 2.75) is 0 Å². The van der Waals surface area contributed by atoms with Crippen LogP contribution in [0.4, 0.5) is 0 Å². The van der Waals surface area contributed by atoms with Gasteiger partial charge in [-0.25, -0.2) is 0 Å². The van der Waals surface area contributed by atoms with E-state index in [9.17, 15) is 0 Å². The van der Waals surface area contributed by atoms with Gasteiger partial charge in [0.25, 0.3) is 0 Å². The van der Waals surface area contributed by atoms with E-state index >= 15 is 0 Å². The Labute approximate surface area is 477 Å². The average molecular weight is 1060 g/mol. The molecule has 0 saturated heterocycles. The largest absolute Gasteiger partial charge is 0.309 e. The molecule has 0 N–H and O–H groups in total. The van der Waals surface area contributed by atoms with Crippen molar-refractivity contribution in [2.24, 2.45) is 0 Å². The summed E-state index contributed by atoms with van der Waals surface area (Å²) in [4.78, 5) is 0. The van der Waals surface area contributed by atoms with Crippen molar-refractivity contribution < 1.29 is 0 Å². The Morgan fingerprint density at radius 3 is 0.951 bits per heavy atom. The van der Waals surface area contributed by atoms with Crippen LogP contribution >= 0.6 is 0 Å². The first-order valence-corrected chi connectivity index (χ1v) is 30.3. The second kappa shape index (κ2) is 19.4. The molecule has 0 aliphatic carbocycles. The molecule has 13 aromatic carbocycles. The average Bonchev–Trinajstić information content (AvgIpc) is 4.30. The van der Waals surface area contributed by atoms with Gasteiger partial charge in [0.05, 0.1) is 33.1 Å². The molecule has 82 heavy (non-hydrogen) atoms. The minimum absolute atomic E-state index is 1.09. The second-order valence-electron chi connectivity index (χ2n) is 21.6. The zero-order valence-electron chi connectivity index (χ0n) is 44.9. The molecule has 0 aliphatic heterocycles. The van der Waals surface area contributed by atoms with Crippen LogP contribution < -0.4 is 20.7 Å². The molecule has 0 fully saturated rings. The van der Waals surface area contributed by atoms with Crippen molar-refractivity contribution in [3.63, 3.8) is 0 Å². The number of benzene rings is 13. The Kier molecular flexibility index (Phi) is 11.2. The first-order chi connectivity index (χ1) is 40.7. The summed E-state index contributed by atoms with van der Waals surface area (Å²) in [6.07, 6.45) is 0. The number of nitrogens with zero attached hydrogens (tertiary/aromatic N) is 3. The maximum Gasteiger partial charge on any atom is 0.179 e. The van der Waals surface area contributed by atoms with E-state index < -0.39 is 8.07 Å². The van der Waals surface area contributed by atoms with Gasteiger partial charge in [0.2, 0.25) is 0 Å². The molecule has 3 nitrogen and oxygen atoms in total. The van der Waals surface area contributed by atoms with Crippen LogP contribution in [0, 0.1) is 0 Å². The second-order valence-corrected chi connectivity index (χ2v) is 25.4. The molecule has 0 aliphatic rings. The molecule has 16 aromatic rings. The van der Waals surface area contributed by atoms with Crippen LogP contribution in [0.3, 0.4) is 0 Å². The summed E-state index contributed by atoms with van der Waals surface area (Å²) in [6, 6.07) is 120. The molecule has 0 bridgehead atoms. The van der Waals surface area contributed by atoms with Crippen LogP contribution in [-0.2, 0) is 0 Å². The third kappa shape index (κ3) is 7.57. The number of hydrogen-bond donors (Lipinski definition) is 0. The van der Waals surface area contributed by atoms with E-state index in [4.69, 9.17) is 0 Å². The van der Waals surface area contributed by atoms with Gasteiger partial charge in [-0.1, -0.05) is 249 Å². The van der Waals surface area contributed by atoms with Crippen molar-refractivity contribution in [3.05, 3.63) is 322 Å². The van der Waals surface area contributed by atoms with Gasteiger partial charge in [0, 0.05) is 49.4 Å². The fourth-order valence-electron chi connectivity index (χ4n) is 13.5. The Bertz CT molecular complexity index is 4810. The summed E-state index contributed by atoms with van der Waals surface area (Å²) in [7, 11) is -2.77. The number of rotatable bonds is 10. The zero-order valence-corrected chi connectivity index (χ0v) is 45.9. The van der Waals surface area contributed by atoms with E-state index in [0.717, 1.165) is 39.2 Å². The molecule has 0 spiro atoms. The van der Waals surface area contributed by atoms with Crippen LogP contribution in [0.15, 0.2) is 322 Å². The standard InChI is InChI=1S/C78H53N3Si/c1-6-22-54(23-7-1)57-40-46-76-71(50-57)72-51-58(55-24-8-2-9-25-55)41-47-77(72)79(76)60-42-45-70-69-34-18-21-37-75(69)81(78(70)53-60)62-49-59(48-61(52-62)80-73-35-19-16-32-67(73)68-33-17-20-36-74(68)80)56-38-43-66(44-39-56)82(63-26-10-3-11-27-63,64-28-12-4-13-29-64)65-30-14-5-15-31-65/h1-53H. The Hall–Kier alpha value is -10.5. The minimum atomic E-state index is -2.77. The highest BCUT2D eigenvalue weighted by Crippen LogP contribution is 2.41. The first kappa shape index (κ1) is 47.5. The van der Waals surface area contributed by atoms with Gasteiger partial charge in [-0.05, 0) is 127 Å². The van der Waals surface area contributed by atoms with Crippen LogP contribution in [0.2, 0.25) is 0 Å². The van der Waals surface area contributed by atoms with E-state index in [1.807, 2.05) is 0 Å². The van der Waals surface area contributed by atoms with Crippen LogP contribution in [0.25, 0.3) is 116 Å². The summed E-state index contributed by atoms with van der Waals surface area (Å²) in [5.74, 6) is 0. The number of fused-ring (bicyclic) bond motifs is 9. The fourth-order valence-corrected chi connectivity index (χ4v) is 18.2. The highest BCUT2D eigenvalue weighted by atomic mass is 28.3. The summed E-state index contributed by atoms with van der Waals surface area (Å²) in [5, 5.41) is 12.7. The van der Waals surface area contributed by atoms with Gasteiger partial charge in [0.15, 0.2) is 8.07 Å². The number of para-hydroxylation sites is 3. The Morgan fingerprint density at radius 1 is 0.171 bits per heavy atom. The normalized spacial score (nSPS) is 11.9. The molecular weight excluding hydrogens is 1010 g/mol. The quantitative estimate of drug-likeness (QED) is 0.0958. The maximum atomic E-state index is 2.51. The predicted molar refractivity (Wildman–Crippen MR) is 349 cm³/mol. The summed E-state index contributed by atoms with van der Waals surface area (Å²) in [6.45, 7) is 0. The smallest absolute Gasteiger partial charge is 0.179 e. The van der Waals surface area contributed by atoms with Crippen LogP contribution in [0.1, 0.15) is 0 Å². The molecule has 384 valence electrons. The van der Waals surface area contributed by atoms with Crippen molar-refractivity contribution in [3.8, 4) is 50.4 Å². The lowest BCUT2D eigenvalue weighted by molar-refractivity contribution is 1.13. The predicted octanol–water partition coefficient (Wildman–Crippen LogP) is 17.4. The van der Waals surface area contributed by atoms with Crippen LogP contribution in [0.5, 0.6) is 0 Å². The molecule has 3 heterocycles. The highest BCUT2D eigenvalue weighted by molar-refractivity contribution is 7.19. The van der Waals surface area contributed by atoms with Gasteiger partial charge in [-0.2, -0.15) is 0 Å². The molecular formula is C78H53N3Si. The lowest BCUT2D eigenvalue weighted by Crippen LogP contribution is -2.74. The zero-order chi connectivity index (χ0) is 54.1. The van der Waals surface area contributed by atoms with Gasteiger partial charge >= 0.3 is 0 Å².